The predicted octanol–water partition coefficient (Wildman–Crippen LogP) is 6.33. The fourth-order valence-electron chi connectivity index (χ4n) is 4.06. The van der Waals surface area contributed by atoms with E-state index in [9.17, 15) is 14.9 Å². The summed E-state index contributed by atoms with van der Waals surface area (Å²) < 4.78 is 8.28. The Kier molecular flexibility index (Phi) is 8.82. The lowest BCUT2D eigenvalue weighted by atomic mass is 10.1. The minimum Gasteiger partial charge on any atom is -0.462 e. The highest BCUT2D eigenvalue weighted by atomic mass is 16.6. The number of carbonyl (C=O) groups excluding carboxylic acids is 1. The van der Waals surface area contributed by atoms with Crippen LogP contribution in [0.15, 0.2) is 54.7 Å². The molecule has 0 radical (unpaired) electrons. The van der Waals surface area contributed by atoms with Crippen molar-refractivity contribution in [3.63, 3.8) is 0 Å². The maximum absolute atomic E-state index is 12.3. The quantitative estimate of drug-likeness (QED) is 0.0969. The topological polar surface area (TPSA) is 74.4 Å². The average molecular weight is 467 g/mol. The molecule has 3 rings (SSSR count). The van der Waals surface area contributed by atoms with Gasteiger partial charge in [0.1, 0.15) is 5.69 Å². The number of fused-ring (bicyclic) bond motifs is 1. The minimum absolute atomic E-state index is 0.133. The zero-order chi connectivity index (χ0) is 24.6. The monoisotopic (exact) mass is 466 g/mol. The summed E-state index contributed by atoms with van der Waals surface area (Å²) in [7, 11) is 6.22. The first-order chi connectivity index (χ1) is 16.3. The van der Waals surface area contributed by atoms with Crippen LogP contribution < -0.4 is 4.48 Å². The van der Waals surface area contributed by atoms with Crippen LogP contribution >= 0.6 is 0 Å². The van der Waals surface area contributed by atoms with Crippen molar-refractivity contribution in [1.82, 2.24) is 9.05 Å². The molecule has 7 nitrogen and oxygen atoms in total. The Bertz CT molecular complexity index is 1110. The van der Waals surface area contributed by atoms with Gasteiger partial charge in [0.15, 0.2) is 0 Å². The van der Waals surface area contributed by atoms with Crippen LogP contribution in [0, 0.1) is 10.1 Å². The smallest absolute Gasteiger partial charge is 0.338 e. The van der Waals surface area contributed by atoms with Gasteiger partial charge in [0.25, 0.3) is 5.69 Å². The summed E-state index contributed by atoms with van der Waals surface area (Å²) in [6, 6.07) is 14.6. The first-order valence-corrected chi connectivity index (χ1v) is 12.1. The Morgan fingerprint density at radius 2 is 1.65 bits per heavy atom. The molecule has 1 heterocycles. The number of unbranched alkanes of at least 4 members (excludes halogenated alkanes) is 6. The number of carbonyl (C=O) groups is 1. The molecule has 1 aromatic heterocycles. The van der Waals surface area contributed by atoms with Gasteiger partial charge in [-0.3, -0.25) is 14.6 Å². The Morgan fingerprint density at radius 1 is 0.941 bits per heavy atom. The molecule has 3 aromatic rings. The van der Waals surface area contributed by atoms with Gasteiger partial charge in [0.2, 0.25) is 0 Å². The number of benzene rings is 2. The molecule has 0 amide bonds. The lowest BCUT2D eigenvalue weighted by Crippen LogP contribution is -2.34. The molecule has 0 aliphatic carbocycles. The molecule has 7 heteroatoms. The molecule has 0 spiro atoms. The third-order valence-electron chi connectivity index (χ3n) is 6.10. The summed E-state index contributed by atoms with van der Waals surface area (Å²) in [6.45, 7) is 1.39. The summed E-state index contributed by atoms with van der Waals surface area (Å²) in [5, 5.41) is 11.8. The second-order valence-electron chi connectivity index (χ2n) is 9.68. The Balaban J connectivity index is 1.26. The number of nitro groups is 1. The first kappa shape index (κ1) is 25.4. The van der Waals surface area contributed by atoms with E-state index in [0.717, 1.165) is 55.2 Å². The van der Waals surface area contributed by atoms with E-state index in [4.69, 9.17) is 4.74 Å². The zero-order valence-electron chi connectivity index (χ0n) is 20.5. The number of rotatable bonds is 13. The van der Waals surface area contributed by atoms with Crippen molar-refractivity contribution in [2.24, 2.45) is 0 Å². The third kappa shape index (κ3) is 7.15. The van der Waals surface area contributed by atoms with Gasteiger partial charge in [0.05, 0.1) is 38.2 Å². The highest BCUT2D eigenvalue weighted by molar-refractivity contribution is 5.90. The minimum atomic E-state index is -0.355. The van der Waals surface area contributed by atoms with E-state index < -0.39 is 0 Å². The number of non-ortho nitro benzene ring substituents is 1. The molecular formula is C27H36N3O4+. The fraction of sp³-hybridized carbons (Fsp3) is 0.444. The Morgan fingerprint density at radius 3 is 2.35 bits per heavy atom. The molecule has 0 unspecified atom stereocenters. The van der Waals surface area contributed by atoms with Crippen molar-refractivity contribution in [1.29, 1.82) is 0 Å². The first-order valence-electron chi connectivity index (χ1n) is 12.1. The lowest BCUT2D eigenvalue weighted by Gasteiger charge is -2.23. The summed E-state index contributed by atoms with van der Waals surface area (Å²) in [6.07, 6.45) is 9.71. The van der Waals surface area contributed by atoms with Gasteiger partial charge >= 0.3 is 5.97 Å². The van der Waals surface area contributed by atoms with Crippen LogP contribution in [-0.2, 0) is 11.3 Å². The van der Waals surface area contributed by atoms with Crippen molar-refractivity contribution in [2.75, 3.05) is 27.7 Å². The van der Waals surface area contributed by atoms with Crippen LogP contribution in [0.5, 0.6) is 0 Å². The summed E-state index contributed by atoms with van der Waals surface area (Å²) in [5.41, 5.74) is 2.86. The van der Waals surface area contributed by atoms with Crippen LogP contribution in [0.25, 0.3) is 10.9 Å². The number of nitrogens with zero attached hydrogens (tertiary/aromatic N) is 3. The number of aryl methyl sites for hydroxylation is 1. The van der Waals surface area contributed by atoms with Gasteiger partial charge in [-0.25, -0.2) is 4.79 Å². The van der Waals surface area contributed by atoms with Crippen LogP contribution in [0.3, 0.4) is 0 Å². The van der Waals surface area contributed by atoms with Crippen molar-refractivity contribution >= 4 is 28.2 Å². The molecule has 0 N–H and O–H groups in total. The van der Waals surface area contributed by atoms with E-state index in [1.54, 1.807) is 12.1 Å². The molecule has 0 bridgehead atoms. The second-order valence-corrected chi connectivity index (χ2v) is 9.68. The van der Waals surface area contributed by atoms with E-state index in [2.05, 4.69) is 25.7 Å². The number of esters is 1. The molecule has 182 valence electrons. The Labute approximate surface area is 201 Å². The van der Waals surface area contributed by atoms with Crippen molar-refractivity contribution < 1.29 is 14.5 Å². The van der Waals surface area contributed by atoms with Crippen LogP contribution in [0.2, 0.25) is 0 Å². The normalized spacial score (nSPS) is 11.6. The molecule has 0 aliphatic rings. The van der Waals surface area contributed by atoms with E-state index in [1.807, 2.05) is 42.6 Å². The lowest BCUT2D eigenvalue weighted by molar-refractivity contribution is -0.384. The Hall–Kier alpha value is -3.19. The molecule has 0 saturated carbocycles. The van der Waals surface area contributed by atoms with Crippen molar-refractivity contribution in [3.05, 3.63) is 70.4 Å². The van der Waals surface area contributed by atoms with Gasteiger partial charge in [-0.15, -0.1) is 0 Å². The predicted molar refractivity (Wildman–Crippen MR) is 137 cm³/mol. The maximum Gasteiger partial charge on any atom is 0.338 e. The summed E-state index contributed by atoms with van der Waals surface area (Å²) in [5.74, 6) is -0.248. The zero-order valence-corrected chi connectivity index (χ0v) is 20.5. The molecule has 0 atom stereocenters. The number of hydrogen-bond acceptors (Lipinski definition) is 4. The van der Waals surface area contributed by atoms with Crippen LogP contribution in [-0.4, -0.2) is 43.2 Å². The maximum atomic E-state index is 12.3. The fourth-order valence-corrected chi connectivity index (χ4v) is 4.06. The van der Waals surface area contributed by atoms with E-state index in [0.29, 0.717) is 16.7 Å². The van der Waals surface area contributed by atoms with E-state index in [1.165, 1.54) is 12.8 Å². The third-order valence-corrected chi connectivity index (χ3v) is 6.10. The molecule has 2 aromatic carbocycles. The summed E-state index contributed by atoms with van der Waals surface area (Å²) >= 11 is 0. The SMILES string of the molecule is C[N+](C)(C)c1cccc(C(=O)OCCCCCCCCCn2ccc3cc([N+](=O)[O-])ccc32)c1. The standard InChI is InChI=1S/C27H36N3O4/c1-30(2,3)25-13-11-12-23(21-25)27(31)34-19-10-8-6-4-5-7-9-17-28-18-16-22-20-24(29(32)33)14-15-26(22)28/h11-16,18,20-21H,4-10,17,19H2,1-3H3/q+1. The number of hydrogen-bond donors (Lipinski definition) is 0. The molecule has 34 heavy (non-hydrogen) atoms. The second kappa shape index (κ2) is 11.8. The number of quaternary nitrogens is 1. The van der Waals surface area contributed by atoms with Gasteiger partial charge in [-0.2, -0.15) is 0 Å². The van der Waals surface area contributed by atoms with E-state index in [-0.39, 0.29) is 16.6 Å². The molecule has 0 saturated heterocycles. The van der Waals surface area contributed by atoms with Crippen molar-refractivity contribution in [3.8, 4) is 0 Å². The molecule has 0 aliphatic heterocycles. The average Bonchev–Trinajstić information content (AvgIpc) is 3.21. The van der Waals surface area contributed by atoms with Gasteiger partial charge in [-0.1, -0.05) is 38.2 Å². The van der Waals surface area contributed by atoms with Gasteiger partial charge < -0.3 is 9.30 Å². The highest BCUT2D eigenvalue weighted by Crippen LogP contribution is 2.23. The largest absolute Gasteiger partial charge is 0.462 e. The number of nitro benzene ring substituents is 1. The summed E-state index contributed by atoms with van der Waals surface area (Å²) in [4.78, 5) is 22.9. The highest BCUT2D eigenvalue weighted by Gasteiger charge is 2.15. The van der Waals surface area contributed by atoms with E-state index >= 15 is 0 Å². The molecular weight excluding hydrogens is 430 g/mol. The number of ether oxygens (including phenoxy) is 1. The van der Waals surface area contributed by atoms with Crippen molar-refractivity contribution in [2.45, 2.75) is 51.5 Å². The molecule has 0 fully saturated rings. The van der Waals surface area contributed by atoms with Gasteiger partial charge in [-0.05, 0) is 37.1 Å². The van der Waals surface area contributed by atoms with Gasteiger partial charge in [0, 0.05) is 41.8 Å². The van der Waals surface area contributed by atoms with Crippen LogP contribution in [0.1, 0.15) is 55.3 Å². The number of aromatic nitrogens is 1. The van der Waals surface area contributed by atoms with Crippen LogP contribution in [0.4, 0.5) is 11.4 Å².